The Balaban J connectivity index is 1.96. The lowest BCUT2D eigenvalue weighted by molar-refractivity contribution is -0.119. The highest BCUT2D eigenvalue weighted by Gasteiger charge is 2.31. The number of hydrogen-bond acceptors (Lipinski definition) is 7. The molecule has 2 heterocycles. The molecule has 0 spiro atoms. The van der Waals surface area contributed by atoms with Crippen molar-refractivity contribution in [3.63, 3.8) is 0 Å². The Hall–Kier alpha value is -3.50. The summed E-state index contributed by atoms with van der Waals surface area (Å²) in [6.45, 7) is 4.67. The van der Waals surface area contributed by atoms with Crippen molar-refractivity contribution in [1.82, 2.24) is 14.8 Å². The fourth-order valence-corrected chi connectivity index (χ4v) is 4.12. The van der Waals surface area contributed by atoms with Gasteiger partial charge in [-0.25, -0.2) is 0 Å². The first kappa shape index (κ1) is 27.1. The van der Waals surface area contributed by atoms with E-state index in [1.165, 1.54) is 7.11 Å². The molecular formula is C26H34N4O6. The lowest BCUT2D eigenvalue weighted by atomic mass is 10.0. The van der Waals surface area contributed by atoms with Gasteiger partial charge in [-0.3, -0.25) is 19.4 Å². The summed E-state index contributed by atoms with van der Waals surface area (Å²) in [6.07, 6.45) is 2.86. The van der Waals surface area contributed by atoms with Gasteiger partial charge in [0.2, 0.25) is 5.91 Å². The van der Waals surface area contributed by atoms with Gasteiger partial charge in [0, 0.05) is 58.4 Å². The van der Waals surface area contributed by atoms with Crippen LogP contribution in [0.3, 0.4) is 0 Å². The van der Waals surface area contributed by atoms with E-state index in [9.17, 15) is 14.4 Å². The van der Waals surface area contributed by atoms with E-state index >= 15 is 0 Å². The van der Waals surface area contributed by atoms with E-state index < -0.39 is 0 Å². The Morgan fingerprint density at radius 2 is 1.97 bits per heavy atom. The summed E-state index contributed by atoms with van der Waals surface area (Å²) in [4.78, 5) is 46.2. The smallest absolute Gasteiger partial charge is 0.257 e. The van der Waals surface area contributed by atoms with Crippen molar-refractivity contribution in [2.24, 2.45) is 5.92 Å². The molecule has 0 saturated heterocycles. The van der Waals surface area contributed by atoms with Gasteiger partial charge in [0.05, 0.1) is 23.3 Å². The molecule has 10 heteroatoms. The lowest BCUT2D eigenvalue weighted by Crippen LogP contribution is -2.48. The van der Waals surface area contributed by atoms with Crippen LogP contribution in [0.15, 0.2) is 42.7 Å². The van der Waals surface area contributed by atoms with Crippen LogP contribution in [0.25, 0.3) is 0 Å². The summed E-state index contributed by atoms with van der Waals surface area (Å²) in [7, 11) is 4.72. The molecule has 1 aliphatic rings. The molecule has 2 aromatic rings. The van der Waals surface area contributed by atoms with Crippen molar-refractivity contribution >= 4 is 23.4 Å². The zero-order valence-electron chi connectivity index (χ0n) is 21.4. The van der Waals surface area contributed by atoms with E-state index in [-0.39, 0.29) is 49.0 Å². The van der Waals surface area contributed by atoms with Gasteiger partial charge >= 0.3 is 0 Å². The molecule has 0 unspecified atom stereocenters. The number of benzene rings is 1. The molecule has 36 heavy (non-hydrogen) atoms. The minimum Gasteiger partial charge on any atom is -0.491 e. The highest BCUT2D eigenvalue weighted by molar-refractivity contribution is 5.99. The molecule has 1 aromatic heterocycles. The Morgan fingerprint density at radius 1 is 1.19 bits per heavy atom. The molecule has 3 atom stereocenters. The maximum atomic E-state index is 13.4. The van der Waals surface area contributed by atoms with E-state index in [1.54, 1.807) is 66.7 Å². The second-order valence-corrected chi connectivity index (χ2v) is 8.99. The molecule has 3 amide bonds. The Morgan fingerprint density at radius 3 is 2.64 bits per heavy atom. The number of amides is 3. The number of pyridine rings is 1. The number of carbonyl (C=O) groups excluding carboxylic acids is 3. The van der Waals surface area contributed by atoms with Crippen LogP contribution in [0.4, 0.5) is 5.69 Å². The van der Waals surface area contributed by atoms with Gasteiger partial charge in [-0.2, -0.15) is 0 Å². The fourth-order valence-electron chi connectivity index (χ4n) is 4.12. The number of nitrogens with zero attached hydrogens (tertiary/aromatic N) is 3. The standard InChI is InChI=1S/C26H34N4O6/c1-17-13-30(25(32)19-7-6-10-27-12-19)18(2)15-36-22-9-8-20(28-24(31)16-34-4)11-21(22)26(33)29(3)14-23(17)35-5/h6-12,17-18,23H,13-16H2,1-5H3,(H,28,31)/t17-,18+,23-/m1/s1. The lowest BCUT2D eigenvalue weighted by Gasteiger charge is -2.36. The van der Waals surface area contributed by atoms with Gasteiger partial charge in [-0.05, 0) is 37.3 Å². The van der Waals surface area contributed by atoms with E-state index in [1.807, 2.05) is 13.8 Å². The number of ether oxygens (including phenoxy) is 3. The SMILES string of the molecule is COCC(=O)Nc1ccc2c(c1)C(=O)N(C)C[C@@H](OC)[C@H](C)CN(C(=O)c1cccnc1)[C@@H](C)CO2. The molecule has 3 rings (SSSR count). The number of fused-ring (bicyclic) bond motifs is 1. The average Bonchev–Trinajstić information content (AvgIpc) is 2.88. The number of hydrogen-bond donors (Lipinski definition) is 1. The first-order valence-electron chi connectivity index (χ1n) is 11.8. The molecule has 10 nitrogen and oxygen atoms in total. The van der Waals surface area contributed by atoms with Crippen LogP contribution in [-0.2, 0) is 14.3 Å². The topological polar surface area (TPSA) is 110 Å². The second kappa shape index (κ2) is 12.5. The molecule has 0 radical (unpaired) electrons. The molecule has 0 bridgehead atoms. The number of anilines is 1. The molecule has 0 fully saturated rings. The first-order chi connectivity index (χ1) is 17.2. The zero-order chi connectivity index (χ0) is 26.2. The summed E-state index contributed by atoms with van der Waals surface area (Å²) in [5.41, 5.74) is 1.24. The average molecular weight is 499 g/mol. The number of likely N-dealkylation sites (N-methyl/N-ethyl adjacent to an activating group) is 1. The van der Waals surface area contributed by atoms with Crippen molar-refractivity contribution in [1.29, 1.82) is 0 Å². The fraction of sp³-hybridized carbons (Fsp3) is 0.462. The maximum absolute atomic E-state index is 13.4. The molecular weight excluding hydrogens is 464 g/mol. The van der Waals surface area contributed by atoms with Gasteiger partial charge in [-0.1, -0.05) is 6.92 Å². The summed E-state index contributed by atoms with van der Waals surface area (Å²) >= 11 is 0. The Kier molecular flexibility index (Phi) is 9.38. The van der Waals surface area contributed by atoms with Gasteiger partial charge in [0.25, 0.3) is 11.8 Å². The van der Waals surface area contributed by atoms with Gasteiger partial charge < -0.3 is 29.3 Å². The van der Waals surface area contributed by atoms with Crippen LogP contribution >= 0.6 is 0 Å². The monoisotopic (exact) mass is 498 g/mol. The highest BCUT2D eigenvalue weighted by atomic mass is 16.5. The Bertz CT molecular complexity index is 1060. The zero-order valence-corrected chi connectivity index (χ0v) is 21.4. The molecule has 1 N–H and O–H groups in total. The molecule has 1 aromatic carbocycles. The van der Waals surface area contributed by atoms with Crippen LogP contribution in [-0.4, -0.2) is 92.2 Å². The van der Waals surface area contributed by atoms with Crippen molar-refractivity contribution in [3.05, 3.63) is 53.9 Å². The van der Waals surface area contributed by atoms with Crippen LogP contribution < -0.4 is 10.1 Å². The third kappa shape index (κ3) is 6.58. The maximum Gasteiger partial charge on any atom is 0.257 e. The predicted molar refractivity (Wildman–Crippen MR) is 134 cm³/mol. The van der Waals surface area contributed by atoms with Crippen molar-refractivity contribution in [3.8, 4) is 5.75 Å². The van der Waals surface area contributed by atoms with Crippen molar-refractivity contribution in [2.45, 2.75) is 26.0 Å². The minimum absolute atomic E-state index is 0.0770. The summed E-state index contributed by atoms with van der Waals surface area (Å²) in [5, 5.41) is 2.72. The first-order valence-corrected chi connectivity index (χ1v) is 11.8. The van der Waals surface area contributed by atoms with Gasteiger partial charge in [-0.15, -0.1) is 0 Å². The number of nitrogens with one attached hydrogen (secondary N) is 1. The molecule has 194 valence electrons. The predicted octanol–water partition coefficient (Wildman–Crippen LogP) is 2.31. The number of aromatic nitrogens is 1. The van der Waals surface area contributed by atoms with Crippen molar-refractivity contribution < 1.29 is 28.6 Å². The van der Waals surface area contributed by atoms with Gasteiger partial charge in [0.1, 0.15) is 19.0 Å². The number of carbonyl (C=O) groups is 3. The van der Waals surface area contributed by atoms with E-state index in [2.05, 4.69) is 10.3 Å². The summed E-state index contributed by atoms with van der Waals surface area (Å²) in [6, 6.07) is 8.05. The van der Waals surface area contributed by atoms with Crippen molar-refractivity contribution in [2.75, 3.05) is 52.9 Å². The number of rotatable bonds is 5. The normalized spacial score (nSPS) is 21.0. The third-order valence-electron chi connectivity index (χ3n) is 6.17. The van der Waals surface area contributed by atoms with Crippen LogP contribution in [0.5, 0.6) is 5.75 Å². The van der Waals surface area contributed by atoms with Crippen LogP contribution in [0, 0.1) is 5.92 Å². The quantitative estimate of drug-likeness (QED) is 0.674. The van der Waals surface area contributed by atoms with Crippen LogP contribution in [0.1, 0.15) is 34.6 Å². The number of methoxy groups -OCH3 is 2. The third-order valence-corrected chi connectivity index (χ3v) is 6.17. The minimum atomic E-state index is -0.334. The highest BCUT2D eigenvalue weighted by Crippen LogP contribution is 2.27. The molecule has 1 aliphatic heterocycles. The molecule has 0 saturated carbocycles. The summed E-state index contributed by atoms with van der Waals surface area (Å²) in [5.74, 6) is -0.470. The summed E-state index contributed by atoms with van der Waals surface area (Å²) < 4.78 is 16.7. The van der Waals surface area contributed by atoms with Gasteiger partial charge in [0.15, 0.2) is 0 Å². The van der Waals surface area contributed by atoms with E-state index in [0.717, 1.165) is 0 Å². The second-order valence-electron chi connectivity index (χ2n) is 8.99. The Labute approximate surface area is 211 Å². The molecule has 0 aliphatic carbocycles. The largest absolute Gasteiger partial charge is 0.491 e. The van der Waals surface area contributed by atoms with E-state index in [4.69, 9.17) is 14.2 Å². The van der Waals surface area contributed by atoms with Crippen LogP contribution in [0.2, 0.25) is 0 Å². The van der Waals surface area contributed by atoms with E-state index in [0.29, 0.717) is 35.7 Å².